The fraction of sp³-hybridized carbons (Fsp3) is 0.333. The second kappa shape index (κ2) is 8.88. The number of halogens is 2. The predicted octanol–water partition coefficient (Wildman–Crippen LogP) is 4.24. The summed E-state index contributed by atoms with van der Waals surface area (Å²) in [5.74, 6) is -0.598. The third kappa shape index (κ3) is 3.86. The molecule has 3 heterocycles. The van der Waals surface area contributed by atoms with Crippen molar-refractivity contribution in [2.45, 2.75) is 24.2 Å². The summed E-state index contributed by atoms with van der Waals surface area (Å²) in [7, 11) is -3.82. The molecule has 0 saturated carbocycles. The molecule has 10 heteroatoms. The first-order valence-corrected chi connectivity index (χ1v) is 12.9. The standard InChI is InChI=1S/C24H24ClFN4O3S/c1-2-33-15-24-14-30(34(31,32)19-7-8-22(25)27-12-19)10-9-17(24)11-21-20(13-28-29-21)23(24)16-3-5-18(26)6-4-16/h3-8,11-13,23H,2,9-10,14-15H2,1H3,(H,28,29)/t23?,24-/m0/s1. The third-order valence-corrected chi connectivity index (χ3v) is 8.77. The van der Waals surface area contributed by atoms with Gasteiger partial charge in [0, 0.05) is 42.8 Å². The van der Waals surface area contributed by atoms with Gasteiger partial charge >= 0.3 is 0 Å². The van der Waals surface area contributed by atoms with Crippen LogP contribution in [0.15, 0.2) is 59.3 Å². The van der Waals surface area contributed by atoms with Crippen LogP contribution in [0, 0.1) is 11.2 Å². The molecule has 3 aromatic rings. The summed E-state index contributed by atoms with van der Waals surface area (Å²) in [6, 6.07) is 9.31. The van der Waals surface area contributed by atoms with Crippen LogP contribution in [0.5, 0.6) is 0 Å². The van der Waals surface area contributed by atoms with Crippen molar-refractivity contribution in [3.05, 3.63) is 82.2 Å². The van der Waals surface area contributed by atoms with Gasteiger partial charge in [-0.25, -0.2) is 17.8 Å². The average molecular weight is 503 g/mol. The van der Waals surface area contributed by atoms with E-state index in [1.165, 1.54) is 34.8 Å². The fourth-order valence-electron chi connectivity index (χ4n) is 5.13. The van der Waals surface area contributed by atoms with E-state index in [9.17, 15) is 12.8 Å². The Morgan fingerprint density at radius 1 is 1.24 bits per heavy atom. The quantitative estimate of drug-likeness (QED) is 0.509. The van der Waals surface area contributed by atoms with Crippen molar-refractivity contribution in [3.8, 4) is 0 Å². The number of pyridine rings is 1. The predicted molar refractivity (Wildman–Crippen MR) is 126 cm³/mol. The largest absolute Gasteiger partial charge is 0.381 e. The Hall–Kier alpha value is -2.59. The van der Waals surface area contributed by atoms with E-state index in [0.29, 0.717) is 26.2 Å². The molecule has 1 N–H and O–H groups in total. The van der Waals surface area contributed by atoms with Crippen LogP contribution in [0.3, 0.4) is 0 Å². The van der Waals surface area contributed by atoms with Gasteiger partial charge in [-0.3, -0.25) is 5.10 Å². The van der Waals surface area contributed by atoms with Crippen molar-refractivity contribution in [1.29, 1.82) is 0 Å². The van der Waals surface area contributed by atoms with E-state index >= 15 is 0 Å². The number of ether oxygens (including phenoxy) is 1. The zero-order chi connectivity index (χ0) is 23.9. The molecule has 2 aliphatic rings. The van der Waals surface area contributed by atoms with Crippen molar-refractivity contribution < 1.29 is 17.5 Å². The number of fused-ring (bicyclic) bond motifs is 2. The molecular formula is C24H24ClFN4O3S. The fourth-order valence-corrected chi connectivity index (χ4v) is 6.70. The molecule has 2 aromatic heterocycles. The van der Waals surface area contributed by atoms with Gasteiger partial charge in [0.15, 0.2) is 0 Å². The zero-order valence-electron chi connectivity index (χ0n) is 18.5. The highest BCUT2D eigenvalue weighted by Crippen LogP contribution is 2.54. The van der Waals surface area contributed by atoms with Crippen molar-refractivity contribution in [2.75, 3.05) is 26.3 Å². The van der Waals surface area contributed by atoms with Crippen LogP contribution in [-0.2, 0) is 14.8 Å². The lowest BCUT2D eigenvalue weighted by Crippen LogP contribution is -2.53. The molecule has 1 unspecified atom stereocenters. The first-order chi connectivity index (χ1) is 16.3. The number of benzene rings is 1. The SMILES string of the molecule is CCOC[C@@]12CN(S(=O)(=O)c3ccc(Cl)nc3)CCC1=Cc1[nH]ncc1C2c1ccc(F)cc1. The molecular weight excluding hydrogens is 479 g/mol. The lowest BCUT2D eigenvalue weighted by atomic mass is 9.60. The van der Waals surface area contributed by atoms with Crippen LogP contribution in [0.4, 0.5) is 4.39 Å². The van der Waals surface area contributed by atoms with Crippen LogP contribution >= 0.6 is 11.6 Å². The maximum absolute atomic E-state index is 13.8. The number of hydrogen-bond acceptors (Lipinski definition) is 5. The number of sulfonamides is 1. The number of nitrogens with zero attached hydrogens (tertiary/aromatic N) is 3. The van der Waals surface area contributed by atoms with Crippen LogP contribution < -0.4 is 0 Å². The minimum atomic E-state index is -3.82. The van der Waals surface area contributed by atoms with Gasteiger partial charge < -0.3 is 4.74 Å². The number of piperidine rings is 1. The van der Waals surface area contributed by atoms with Crippen molar-refractivity contribution in [3.63, 3.8) is 0 Å². The van der Waals surface area contributed by atoms with Crippen LogP contribution in [0.1, 0.15) is 36.1 Å². The van der Waals surface area contributed by atoms with Gasteiger partial charge in [0.25, 0.3) is 0 Å². The van der Waals surface area contributed by atoms with E-state index in [1.807, 2.05) is 6.92 Å². The van der Waals surface area contributed by atoms with E-state index in [1.54, 1.807) is 18.3 Å². The average Bonchev–Trinajstić information content (AvgIpc) is 3.29. The van der Waals surface area contributed by atoms with Gasteiger partial charge in [-0.1, -0.05) is 29.3 Å². The highest BCUT2D eigenvalue weighted by molar-refractivity contribution is 7.89. The number of aromatic nitrogens is 3. The van der Waals surface area contributed by atoms with Crippen LogP contribution in [0.25, 0.3) is 6.08 Å². The molecule has 1 aromatic carbocycles. The molecule has 2 atom stereocenters. The first-order valence-electron chi connectivity index (χ1n) is 11.0. The molecule has 1 aliphatic heterocycles. The minimum Gasteiger partial charge on any atom is -0.381 e. The molecule has 0 spiro atoms. The van der Waals surface area contributed by atoms with Gasteiger partial charge in [-0.15, -0.1) is 0 Å². The highest BCUT2D eigenvalue weighted by atomic mass is 35.5. The Kier molecular flexibility index (Phi) is 6.05. The molecule has 5 rings (SSSR count). The second-order valence-electron chi connectivity index (χ2n) is 8.59. The van der Waals surface area contributed by atoms with Gasteiger partial charge in [0.2, 0.25) is 10.0 Å². The molecule has 1 fully saturated rings. The van der Waals surface area contributed by atoms with E-state index in [0.717, 1.165) is 22.4 Å². The summed E-state index contributed by atoms with van der Waals surface area (Å²) >= 11 is 5.87. The Morgan fingerprint density at radius 3 is 2.74 bits per heavy atom. The van der Waals surface area contributed by atoms with E-state index in [-0.39, 0.29) is 28.3 Å². The van der Waals surface area contributed by atoms with Gasteiger partial charge in [-0.2, -0.15) is 9.40 Å². The minimum absolute atomic E-state index is 0.0917. The second-order valence-corrected chi connectivity index (χ2v) is 10.9. The van der Waals surface area contributed by atoms with Crippen molar-refractivity contribution in [1.82, 2.24) is 19.5 Å². The van der Waals surface area contributed by atoms with Gasteiger partial charge in [-0.05, 0) is 49.2 Å². The molecule has 34 heavy (non-hydrogen) atoms. The molecule has 0 amide bonds. The Morgan fingerprint density at radius 2 is 2.03 bits per heavy atom. The number of nitrogens with one attached hydrogen (secondary N) is 1. The van der Waals surface area contributed by atoms with E-state index < -0.39 is 15.4 Å². The first kappa shape index (κ1) is 23.2. The number of hydrogen-bond donors (Lipinski definition) is 1. The molecule has 7 nitrogen and oxygen atoms in total. The summed E-state index contributed by atoms with van der Waals surface area (Å²) in [5.41, 5.74) is 3.10. The van der Waals surface area contributed by atoms with Gasteiger partial charge in [0.05, 0.1) is 18.5 Å². The smallest absolute Gasteiger partial charge is 0.244 e. The van der Waals surface area contributed by atoms with Crippen molar-refractivity contribution >= 4 is 27.7 Å². The lowest BCUT2D eigenvalue weighted by molar-refractivity contribution is 0.0378. The van der Waals surface area contributed by atoms with E-state index in [2.05, 4.69) is 21.3 Å². The summed E-state index contributed by atoms with van der Waals surface area (Å²) in [6.07, 6.45) is 5.64. The van der Waals surface area contributed by atoms with Gasteiger partial charge in [0.1, 0.15) is 15.9 Å². The monoisotopic (exact) mass is 502 g/mol. The van der Waals surface area contributed by atoms with E-state index in [4.69, 9.17) is 16.3 Å². The van der Waals surface area contributed by atoms with Crippen LogP contribution in [-0.4, -0.2) is 54.2 Å². The molecule has 0 radical (unpaired) electrons. The van der Waals surface area contributed by atoms with Crippen molar-refractivity contribution in [2.24, 2.45) is 5.41 Å². The maximum atomic E-state index is 13.8. The molecule has 1 saturated heterocycles. The summed E-state index contributed by atoms with van der Waals surface area (Å²) < 4.78 is 48.5. The third-order valence-electron chi connectivity index (χ3n) is 6.72. The van der Waals surface area contributed by atoms with Crippen LogP contribution in [0.2, 0.25) is 5.15 Å². The maximum Gasteiger partial charge on any atom is 0.244 e. The number of aromatic amines is 1. The Labute approximate surface area is 202 Å². The normalized spacial score (nSPS) is 22.7. The summed E-state index contributed by atoms with van der Waals surface area (Å²) in [4.78, 5) is 4.05. The summed E-state index contributed by atoms with van der Waals surface area (Å²) in [5, 5.41) is 7.54. The molecule has 1 aliphatic carbocycles. The Balaban J connectivity index is 1.64. The number of H-pyrrole nitrogens is 1. The Bertz CT molecular complexity index is 1330. The number of rotatable bonds is 6. The molecule has 0 bridgehead atoms. The lowest BCUT2D eigenvalue weighted by Gasteiger charge is -2.50. The molecule has 178 valence electrons. The zero-order valence-corrected chi connectivity index (χ0v) is 20.1. The topological polar surface area (TPSA) is 88.2 Å². The highest BCUT2D eigenvalue weighted by Gasteiger charge is 2.52. The summed E-state index contributed by atoms with van der Waals surface area (Å²) in [6.45, 7) is 3.24.